The van der Waals surface area contributed by atoms with Gasteiger partial charge >= 0.3 is 0 Å². The van der Waals surface area contributed by atoms with Crippen LogP contribution in [-0.4, -0.2) is 18.7 Å². The van der Waals surface area contributed by atoms with Crippen molar-refractivity contribution in [3.05, 3.63) is 52.4 Å². The maximum Gasteiger partial charge on any atom is 0.277 e. The number of halogens is 1. The molecule has 0 radical (unpaired) electrons. The lowest BCUT2D eigenvalue weighted by Crippen LogP contribution is -2.24. The molecular formula is C14H13BrN2O3. The summed E-state index contributed by atoms with van der Waals surface area (Å²) in [6, 6.07) is 11.0. The van der Waals surface area contributed by atoms with Gasteiger partial charge in [0.05, 0.1) is 6.21 Å². The van der Waals surface area contributed by atoms with Crippen LogP contribution in [0.25, 0.3) is 0 Å². The number of hydrazone groups is 1. The quantitative estimate of drug-likeness (QED) is 0.674. The molecule has 1 N–H and O–H groups in total. The smallest absolute Gasteiger partial charge is 0.277 e. The van der Waals surface area contributed by atoms with E-state index in [1.807, 2.05) is 31.2 Å². The largest absolute Gasteiger partial charge is 0.483 e. The molecule has 0 aliphatic heterocycles. The third-order valence-electron chi connectivity index (χ3n) is 2.43. The number of nitrogens with one attached hydrogen (secondary N) is 1. The number of amides is 1. The van der Waals surface area contributed by atoms with Gasteiger partial charge in [-0.1, -0.05) is 18.2 Å². The lowest BCUT2D eigenvalue weighted by atomic mass is 10.2. The monoisotopic (exact) mass is 336 g/mol. The molecule has 0 bridgehead atoms. The number of furan rings is 1. The number of hydrogen-bond acceptors (Lipinski definition) is 4. The van der Waals surface area contributed by atoms with E-state index in [1.165, 1.54) is 6.21 Å². The van der Waals surface area contributed by atoms with E-state index in [1.54, 1.807) is 12.1 Å². The Hall–Kier alpha value is -2.08. The fourth-order valence-electron chi connectivity index (χ4n) is 1.46. The first-order chi connectivity index (χ1) is 9.65. The van der Waals surface area contributed by atoms with Gasteiger partial charge in [-0.2, -0.15) is 5.10 Å². The van der Waals surface area contributed by atoms with Crippen molar-refractivity contribution in [2.75, 3.05) is 6.61 Å². The third-order valence-corrected chi connectivity index (χ3v) is 2.85. The highest BCUT2D eigenvalue weighted by Gasteiger charge is 2.03. The Morgan fingerprint density at radius 1 is 1.40 bits per heavy atom. The summed E-state index contributed by atoms with van der Waals surface area (Å²) in [5.74, 6) is 0.883. The molecule has 1 aromatic heterocycles. The molecule has 0 saturated carbocycles. The first kappa shape index (κ1) is 14.3. The number of hydrogen-bond donors (Lipinski definition) is 1. The van der Waals surface area contributed by atoms with E-state index in [2.05, 4.69) is 26.5 Å². The van der Waals surface area contributed by atoms with Crippen LogP contribution in [0.2, 0.25) is 0 Å². The second-order valence-electron chi connectivity index (χ2n) is 3.99. The van der Waals surface area contributed by atoms with Crippen molar-refractivity contribution in [3.63, 3.8) is 0 Å². The molecule has 2 rings (SSSR count). The van der Waals surface area contributed by atoms with Crippen LogP contribution in [0.3, 0.4) is 0 Å². The second kappa shape index (κ2) is 6.91. The highest BCUT2D eigenvalue weighted by molar-refractivity contribution is 9.10. The maximum absolute atomic E-state index is 11.5. The molecule has 1 amide bonds. The van der Waals surface area contributed by atoms with Crippen molar-refractivity contribution in [1.82, 2.24) is 5.43 Å². The zero-order valence-corrected chi connectivity index (χ0v) is 12.4. The minimum atomic E-state index is -0.338. The van der Waals surface area contributed by atoms with E-state index < -0.39 is 0 Å². The van der Waals surface area contributed by atoms with E-state index in [4.69, 9.17) is 9.15 Å². The molecule has 5 nitrogen and oxygen atoms in total. The van der Waals surface area contributed by atoms with Crippen molar-refractivity contribution in [3.8, 4) is 5.75 Å². The van der Waals surface area contributed by atoms with Gasteiger partial charge in [0.2, 0.25) is 0 Å². The number of carbonyl (C=O) groups is 1. The Morgan fingerprint density at radius 3 is 2.90 bits per heavy atom. The summed E-state index contributed by atoms with van der Waals surface area (Å²) in [7, 11) is 0. The first-order valence-electron chi connectivity index (χ1n) is 5.91. The Bertz CT molecular complexity index is 622. The van der Waals surface area contributed by atoms with Crippen molar-refractivity contribution in [2.45, 2.75) is 6.92 Å². The van der Waals surface area contributed by atoms with Gasteiger partial charge < -0.3 is 9.15 Å². The van der Waals surface area contributed by atoms with Gasteiger partial charge in [0, 0.05) is 0 Å². The minimum Gasteiger partial charge on any atom is -0.483 e. The van der Waals surface area contributed by atoms with Gasteiger partial charge in [-0.05, 0) is 46.6 Å². The molecule has 0 aliphatic rings. The number of aryl methyl sites for hydroxylation is 1. The number of benzene rings is 1. The molecule has 0 unspecified atom stereocenters. The summed E-state index contributed by atoms with van der Waals surface area (Å²) in [5, 5.41) is 3.77. The number of nitrogens with zero attached hydrogens (tertiary/aromatic N) is 1. The molecule has 104 valence electrons. The van der Waals surface area contributed by atoms with Crippen LogP contribution in [0.4, 0.5) is 0 Å². The molecular weight excluding hydrogens is 324 g/mol. The molecule has 6 heteroatoms. The van der Waals surface area contributed by atoms with Crippen molar-refractivity contribution in [2.24, 2.45) is 5.10 Å². The number of carbonyl (C=O) groups excluding carboxylic acids is 1. The van der Waals surface area contributed by atoms with Crippen LogP contribution in [0.5, 0.6) is 5.75 Å². The predicted octanol–water partition coefficient (Wildman–Crippen LogP) is 2.88. The van der Waals surface area contributed by atoms with Crippen LogP contribution in [0.15, 0.2) is 50.6 Å². The van der Waals surface area contributed by atoms with E-state index in [9.17, 15) is 4.79 Å². The topological polar surface area (TPSA) is 63.8 Å². The fraction of sp³-hybridized carbons (Fsp3) is 0.143. The average Bonchev–Trinajstić information content (AvgIpc) is 2.83. The van der Waals surface area contributed by atoms with Gasteiger partial charge in [-0.15, -0.1) is 0 Å². The Balaban J connectivity index is 1.78. The van der Waals surface area contributed by atoms with Crippen molar-refractivity contribution >= 4 is 28.1 Å². The van der Waals surface area contributed by atoms with Crippen LogP contribution in [0.1, 0.15) is 11.3 Å². The molecule has 0 spiro atoms. The van der Waals surface area contributed by atoms with Gasteiger partial charge in [0.1, 0.15) is 11.5 Å². The van der Waals surface area contributed by atoms with Gasteiger partial charge in [0.25, 0.3) is 5.91 Å². The molecule has 0 aliphatic carbocycles. The lowest BCUT2D eigenvalue weighted by Gasteiger charge is -2.07. The summed E-state index contributed by atoms with van der Waals surface area (Å²) >= 11 is 3.17. The fourth-order valence-corrected chi connectivity index (χ4v) is 1.78. The van der Waals surface area contributed by atoms with E-state index >= 15 is 0 Å². The third kappa shape index (κ3) is 4.24. The SMILES string of the molecule is Cc1ccccc1OCC(=O)N/N=C/c1ccc(Br)o1. The van der Waals surface area contributed by atoms with Crippen LogP contribution >= 0.6 is 15.9 Å². The predicted molar refractivity (Wildman–Crippen MR) is 78.8 cm³/mol. The Morgan fingerprint density at radius 2 is 2.20 bits per heavy atom. The van der Waals surface area contributed by atoms with Crippen LogP contribution < -0.4 is 10.2 Å². The first-order valence-corrected chi connectivity index (χ1v) is 6.70. The van der Waals surface area contributed by atoms with E-state index in [-0.39, 0.29) is 12.5 Å². The normalized spacial score (nSPS) is 10.7. The molecule has 20 heavy (non-hydrogen) atoms. The van der Waals surface area contributed by atoms with Gasteiger partial charge in [0.15, 0.2) is 11.3 Å². The maximum atomic E-state index is 11.5. The summed E-state index contributed by atoms with van der Waals surface area (Å²) in [4.78, 5) is 11.5. The zero-order chi connectivity index (χ0) is 14.4. The lowest BCUT2D eigenvalue weighted by molar-refractivity contribution is -0.123. The average molecular weight is 337 g/mol. The molecule has 0 fully saturated rings. The zero-order valence-electron chi connectivity index (χ0n) is 10.8. The van der Waals surface area contributed by atoms with E-state index in [0.29, 0.717) is 16.2 Å². The van der Waals surface area contributed by atoms with Gasteiger partial charge in [-0.25, -0.2) is 5.43 Å². The standard InChI is InChI=1S/C14H13BrN2O3/c1-10-4-2-3-5-12(10)19-9-14(18)17-16-8-11-6-7-13(15)20-11/h2-8H,9H2,1H3,(H,17,18)/b16-8+. The number of rotatable bonds is 5. The second-order valence-corrected chi connectivity index (χ2v) is 4.77. The summed E-state index contributed by atoms with van der Waals surface area (Å²) in [6.45, 7) is 1.82. The van der Waals surface area contributed by atoms with Crippen molar-refractivity contribution in [1.29, 1.82) is 0 Å². The molecule has 1 heterocycles. The molecule has 2 aromatic rings. The number of para-hydroxylation sites is 1. The highest BCUT2D eigenvalue weighted by atomic mass is 79.9. The molecule has 0 atom stereocenters. The summed E-state index contributed by atoms with van der Waals surface area (Å²) in [6.07, 6.45) is 1.41. The Kier molecular flexibility index (Phi) is 4.95. The highest BCUT2D eigenvalue weighted by Crippen LogP contribution is 2.15. The Labute approximate surface area is 124 Å². The minimum absolute atomic E-state index is 0.0932. The van der Waals surface area contributed by atoms with Crippen molar-refractivity contribution < 1.29 is 13.9 Å². The summed E-state index contributed by atoms with van der Waals surface area (Å²) < 4.78 is 11.2. The molecule has 1 aromatic carbocycles. The van der Waals surface area contributed by atoms with Gasteiger partial charge in [-0.3, -0.25) is 4.79 Å². The molecule has 0 saturated heterocycles. The number of ether oxygens (including phenoxy) is 1. The van der Waals surface area contributed by atoms with Crippen LogP contribution in [-0.2, 0) is 4.79 Å². The summed E-state index contributed by atoms with van der Waals surface area (Å²) in [5.41, 5.74) is 3.34. The van der Waals surface area contributed by atoms with E-state index in [0.717, 1.165) is 5.56 Å². The van der Waals surface area contributed by atoms with Crippen LogP contribution in [0, 0.1) is 6.92 Å².